The molecule has 3 rings (SSSR count). The summed E-state index contributed by atoms with van der Waals surface area (Å²) in [6, 6.07) is 4.40. The number of piperazine rings is 1. The van der Waals surface area contributed by atoms with Gasteiger partial charge in [-0.15, -0.1) is 0 Å². The molecule has 1 fully saturated rings. The maximum absolute atomic E-state index is 5.83. The maximum atomic E-state index is 5.83. The topological polar surface area (TPSA) is 41.7 Å². The number of benzene rings is 1. The van der Waals surface area contributed by atoms with Gasteiger partial charge in [0.1, 0.15) is 5.75 Å². The van der Waals surface area contributed by atoms with Crippen LogP contribution in [0.2, 0.25) is 0 Å². The zero-order chi connectivity index (χ0) is 14.7. The van der Waals surface area contributed by atoms with Crippen LogP contribution in [0.4, 0.5) is 0 Å². The highest BCUT2D eigenvalue weighted by molar-refractivity contribution is 9.10. The Kier molecular flexibility index (Phi) is 5.16. The van der Waals surface area contributed by atoms with E-state index >= 15 is 0 Å². The summed E-state index contributed by atoms with van der Waals surface area (Å²) in [4.78, 5) is 5.05. The molecule has 5 heteroatoms. The van der Waals surface area contributed by atoms with Crippen molar-refractivity contribution in [2.24, 2.45) is 5.73 Å². The van der Waals surface area contributed by atoms with E-state index in [1.165, 1.54) is 15.6 Å². The monoisotopic (exact) mass is 353 g/mol. The van der Waals surface area contributed by atoms with Crippen LogP contribution in [-0.4, -0.2) is 55.7 Å². The summed E-state index contributed by atoms with van der Waals surface area (Å²) in [6.07, 6.45) is 2.14. The average Bonchev–Trinajstić information content (AvgIpc) is 2.95. The first-order valence-electron chi connectivity index (χ1n) is 7.85. The first-order chi connectivity index (χ1) is 10.3. The van der Waals surface area contributed by atoms with Crippen LogP contribution in [0.3, 0.4) is 0 Å². The fraction of sp³-hybridized carbons (Fsp3) is 0.625. The highest BCUT2D eigenvalue weighted by atomic mass is 79.9. The van der Waals surface area contributed by atoms with Gasteiger partial charge in [0.05, 0.1) is 6.61 Å². The van der Waals surface area contributed by atoms with Crippen molar-refractivity contribution in [1.29, 1.82) is 0 Å². The Morgan fingerprint density at radius 3 is 2.67 bits per heavy atom. The van der Waals surface area contributed by atoms with Gasteiger partial charge in [0, 0.05) is 49.2 Å². The smallest absolute Gasteiger partial charge is 0.127 e. The lowest BCUT2D eigenvalue weighted by Gasteiger charge is -2.34. The summed E-state index contributed by atoms with van der Waals surface area (Å²) in [6.45, 7) is 8.31. The van der Waals surface area contributed by atoms with Crippen molar-refractivity contribution in [3.8, 4) is 5.75 Å². The molecule has 0 spiro atoms. The van der Waals surface area contributed by atoms with Gasteiger partial charge in [-0.1, -0.05) is 15.9 Å². The largest absolute Gasteiger partial charge is 0.493 e. The molecule has 116 valence electrons. The second-order valence-corrected chi connectivity index (χ2v) is 6.83. The summed E-state index contributed by atoms with van der Waals surface area (Å²) in [5.41, 5.74) is 8.26. The van der Waals surface area contributed by atoms with Crippen molar-refractivity contribution >= 4 is 15.9 Å². The zero-order valence-corrected chi connectivity index (χ0v) is 14.1. The van der Waals surface area contributed by atoms with Gasteiger partial charge in [0.2, 0.25) is 0 Å². The zero-order valence-electron chi connectivity index (χ0n) is 12.5. The molecule has 2 aliphatic rings. The van der Waals surface area contributed by atoms with Crippen LogP contribution in [0, 0.1) is 0 Å². The minimum atomic E-state index is 0.793. The molecule has 0 saturated carbocycles. The highest BCUT2D eigenvalue weighted by Gasteiger charge is 2.21. The molecule has 0 unspecified atom stereocenters. The number of halogens is 1. The van der Waals surface area contributed by atoms with E-state index in [0.717, 1.165) is 71.0 Å². The lowest BCUT2D eigenvalue weighted by molar-refractivity contribution is 0.126. The minimum Gasteiger partial charge on any atom is -0.493 e. The number of nitrogens with zero attached hydrogens (tertiary/aromatic N) is 2. The molecule has 0 bridgehead atoms. The molecule has 1 aromatic carbocycles. The minimum absolute atomic E-state index is 0.793. The molecular weight excluding hydrogens is 330 g/mol. The van der Waals surface area contributed by atoms with Crippen molar-refractivity contribution in [3.05, 3.63) is 27.7 Å². The van der Waals surface area contributed by atoms with Gasteiger partial charge in [-0.05, 0) is 37.2 Å². The molecule has 4 nitrogen and oxygen atoms in total. The van der Waals surface area contributed by atoms with Gasteiger partial charge in [0.25, 0.3) is 0 Å². The third-order valence-corrected chi connectivity index (χ3v) is 4.82. The Balaban J connectivity index is 1.59. The number of hydrogen-bond donors (Lipinski definition) is 1. The molecular formula is C16H24BrN3O. The first kappa shape index (κ1) is 15.3. The van der Waals surface area contributed by atoms with Gasteiger partial charge in [-0.3, -0.25) is 4.90 Å². The first-order valence-corrected chi connectivity index (χ1v) is 8.64. The van der Waals surface area contributed by atoms with Gasteiger partial charge < -0.3 is 15.4 Å². The Bertz CT molecular complexity index is 487. The average molecular weight is 354 g/mol. The molecule has 1 saturated heterocycles. The van der Waals surface area contributed by atoms with Gasteiger partial charge >= 0.3 is 0 Å². The number of ether oxygens (including phenoxy) is 1. The quantitative estimate of drug-likeness (QED) is 0.876. The summed E-state index contributed by atoms with van der Waals surface area (Å²) in [5.74, 6) is 1.13. The summed E-state index contributed by atoms with van der Waals surface area (Å²) in [7, 11) is 0. The van der Waals surface area contributed by atoms with Crippen LogP contribution < -0.4 is 10.5 Å². The lowest BCUT2D eigenvalue weighted by atomic mass is 10.1. The molecule has 0 aliphatic carbocycles. The van der Waals surface area contributed by atoms with E-state index in [1.54, 1.807) is 0 Å². The fourth-order valence-electron chi connectivity index (χ4n) is 3.19. The van der Waals surface area contributed by atoms with E-state index < -0.39 is 0 Å². The van der Waals surface area contributed by atoms with E-state index in [0.29, 0.717) is 0 Å². The predicted octanol–water partition coefficient (Wildman–Crippen LogP) is 1.85. The van der Waals surface area contributed by atoms with Crippen LogP contribution in [-0.2, 0) is 13.0 Å². The number of rotatable bonds is 5. The SMILES string of the molecule is NCCCN1CCN(Cc2cc(Br)cc3c2OCC3)CC1. The van der Waals surface area contributed by atoms with Crippen LogP contribution in [0.1, 0.15) is 17.5 Å². The van der Waals surface area contributed by atoms with Gasteiger partial charge in [-0.2, -0.15) is 0 Å². The summed E-state index contributed by atoms with van der Waals surface area (Å²) >= 11 is 3.62. The second kappa shape index (κ2) is 7.09. The van der Waals surface area contributed by atoms with Crippen molar-refractivity contribution in [2.45, 2.75) is 19.4 Å². The normalized spacial score (nSPS) is 19.5. The van der Waals surface area contributed by atoms with Crippen molar-refractivity contribution < 1.29 is 4.74 Å². The fourth-order valence-corrected chi connectivity index (χ4v) is 3.74. The number of nitrogens with two attached hydrogens (primary N) is 1. The summed E-state index contributed by atoms with van der Waals surface area (Å²) in [5, 5.41) is 0. The second-order valence-electron chi connectivity index (χ2n) is 5.91. The number of fused-ring (bicyclic) bond motifs is 1. The lowest BCUT2D eigenvalue weighted by Crippen LogP contribution is -2.46. The molecule has 1 aromatic rings. The third kappa shape index (κ3) is 3.77. The van der Waals surface area contributed by atoms with Gasteiger partial charge in [-0.25, -0.2) is 0 Å². The highest BCUT2D eigenvalue weighted by Crippen LogP contribution is 2.33. The molecule has 0 radical (unpaired) electrons. The molecule has 2 N–H and O–H groups in total. The number of hydrogen-bond acceptors (Lipinski definition) is 4. The Morgan fingerprint density at radius 1 is 1.14 bits per heavy atom. The summed E-state index contributed by atoms with van der Waals surface area (Å²) < 4.78 is 7.00. The van der Waals surface area contributed by atoms with Crippen molar-refractivity contribution in [1.82, 2.24) is 9.80 Å². The Hall–Kier alpha value is -0.620. The Labute approximate surface area is 135 Å². The van der Waals surface area contributed by atoms with E-state index in [9.17, 15) is 0 Å². The third-order valence-electron chi connectivity index (χ3n) is 4.36. The van der Waals surface area contributed by atoms with Crippen LogP contribution in [0.25, 0.3) is 0 Å². The van der Waals surface area contributed by atoms with Crippen LogP contribution in [0.5, 0.6) is 5.75 Å². The molecule has 0 amide bonds. The maximum Gasteiger partial charge on any atom is 0.127 e. The van der Waals surface area contributed by atoms with E-state index in [4.69, 9.17) is 10.5 Å². The van der Waals surface area contributed by atoms with E-state index in [1.807, 2.05) is 0 Å². The predicted molar refractivity (Wildman–Crippen MR) is 88.7 cm³/mol. The molecule has 21 heavy (non-hydrogen) atoms. The molecule has 2 aliphatic heterocycles. The van der Waals surface area contributed by atoms with Crippen LogP contribution in [0.15, 0.2) is 16.6 Å². The Morgan fingerprint density at radius 2 is 1.90 bits per heavy atom. The van der Waals surface area contributed by atoms with Gasteiger partial charge in [0.15, 0.2) is 0 Å². The van der Waals surface area contributed by atoms with Crippen molar-refractivity contribution in [2.75, 3.05) is 45.9 Å². The standard InChI is InChI=1S/C16H24BrN3O/c17-15-10-13-2-9-21-16(13)14(11-15)12-20-7-5-19(6-8-20)4-1-3-18/h10-11H,1-9,12,18H2. The molecule has 2 heterocycles. The van der Waals surface area contributed by atoms with Crippen LogP contribution >= 0.6 is 15.9 Å². The molecule has 0 aromatic heterocycles. The van der Waals surface area contributed by atoms with Crippen molar-refractivity contribution in [3.63, 3.8) is 0 Å². The van der Waals surface area contributed by atoms with E-state index in [2.05, 4.69) is 37.9 Å². The molecule has 0 atom stereocenters. The van der Waals surface area contributed by atoms with E-state index in [-0.39, 0.29) is 0 Å².